The van der Waals surface area contributed by atoms with Crippen molar-refractivity contribution in [1.82, 2.24) is 20.4 Å². The molecule has 2 heterocycles. The van der Waals surface area contributed by atoms with Crippen LogP contribution in [0.15, 0.2) is 16.7 Å². The lowest BCUT2D eigenvalue weighted by molar-refractivity contribution is 0.0694. The zero-order chi connectivity index (χ0) is 17.3. The molecule has 2 N–H and O–H groups in total. The highest BCUT2D eigenvalue weighted by molar-refractivity contribution is 5.94. The SMILES string of the molecule is Cc1nc(C2(NC(=O)c3ccc(C(=O)O)c(C)n3)CCCC2)no1. The standard InChI is InChI=1S/C16H18N4O4/c1-9-11(14(22)23)5-6-12(17-9)13(21)19-16(7-3-4-8-16)15-18-10(2)24-20-15/h5-6H,3-4,7-8H2,1-2H3,(H,19,21)(H,22,23). The molecule has 0 aromatic carbocycles. The molecule has 0 aliphatic heterocycles. The predicted octanol–water partition coefficient (Wildman–Crippen LogP) is 1.98. The van der Waals surface area contributed by atoms with Crippen LogP contribution in [0.2, 0.25) is 0 Å². The molecule has 2 aromatic rings. The van der Waals surface area contributed by atoms with Gasteiger partial charge in [-0.1, -0.05) is 18.0 Å². The molecule has 0 saturated heterocycles. The zero-order valence-corrected chi connectivity index (χ0v) is 13.5. The third kappa shape index (κ3) is 2.86. The molecule has 3 rings (SSSR count). The van der Waals surface area contributed by atoms with Gasteiger partial charge in [-0.25, -0.2) is 9.78 Å². The Morgan fingerprint density at radius 2 is 1.92 bits per heavy atom. The molecule has 1 aliphatic carbocycles. The lowest BCUT2D eigenvalue weighted by Gasteiger charge is -2.26. The second-order valence-corrected chi connectivity index (χ2v) is 6.01. The number of carboxylic acids is 1. The molecule has 8 heteroatoms. The van der Waals surface area contributed by atoms with Crippen LogP contribution in [0.25, 0.3) is 0 Å². The van der Waals surface area contributed by atoms with Gasteiger partial charge in [0.15, 0.2) is 5.82 Å². The Kier molecular flexibility index (Phi) is 4.04. The summed E-state index contributed by atoms with van der Waals surface area (Å²) in [5.74, 6) is -0.518. The summed E-state index contributed by atoms with van der Waals surface area (Å²) in [5.41, 5.74) is -0.110. The number of aromatic carboxylic acids is 1. The van der Waals surface area contributed by atoms with E-state index in [0.29, 0.717) is 17.4 Å². The monoisotopic (exact) mass is 330 g/mol. The van der Waals surface area contributed by atoms with Gasteiger partial charge >= 0.3 is 5.97 Å². The van der Waals surface area contributed by atoms with Crippen LogP contribution in [0, 0.1) is 13.8 Å². The van der Waals surface area contributed by atoms with Crippen molar-refractivity contribution in [3.8, 4) is 0 Å². The average Bonchev–Trinajstić information content (AvgIpc) is 3.16. The van der Waals surface area contributed by atoms with Gasteiger partial charge in [0.25, 0.3) is 5.91 Å². The lowest BCUT2D eigenvalue weighted by Crippen LogP contribution is -2.45. The van der Waals surface area contributed by atoms with Crippen LogP contribution < -0.4 is 5.32 Å². The number of carbonyl (C=O) groups excluding carboxylic acids is 1. The second kappa shape index (κ2) is 6.03. The molecule has 0 spiro atoms. The van der Waals surface area contributed by atoms with E-state index in [-0.39, 0.29) is 17.2 Å². The van der Waals surface area contributed by atoms with Crippen LogP contribution in [0.5, 0.6) is 0 Å². The number of aryl methyl sites for hydroxylation is 2. The van der Waals surface area contributed by atoms with Crippen LogP contribution in [-0.2, 0) is 5.54 Å². The molecular formula is C16H18N4O4. The van der Waals surface area contributed by atoms with E-state index in [0.717, 1.165) is 25.7 Å². The first kappa shape index (κ1) is 16.1. The summed E-state index contributed by atoms with van der Waals surface area (Å²) in [6.45, 7) is 3.27. The number of nitrogens with zero attached hydrogens (tertiary/aromatic N) is 3. The van der Waals surface area contributed by atoms with Crippen LogP contribution >= 0.6 is 0 Å². The normalized spacial score (nSPS) is 16.1. The van der Waals surface area contributed by atoms with Gasteiger partial charge in [-0.05, 0) is 31.9 Å². The average molecular weight is 330 g/mol. The molecule has 2 aromatic heterocycles. The van der Waals surface area contributed by atoms with Crippen LogP contribution in [-0.4, -0.2) is 32.1 Å². The minimum Gasteiger partial charge on any atom is -0.478 e. The number of carboxylic acid groups (broad SMARTS) is 1. The van der Waals surface area contributed by atoms with Gasteiger partial charge in [-0.15, -0.1) is 0 Å². The number of pyridine rings is 1. The molecule has 0 atom stereocenters. The maximum Gasteiger partial charge on any atom is 0.337 e. The molecule has 1 amide bonds. The number of nitrogens with one attached hydrogen (secondary N) is 1. The third-order valence-corrected chi connectivity index (χ3v) is 4.31. The molecule has 0 bridgehead atoms. The highest BCUT2D eigenvalue weighted by Gasteiger charge is 2.41. The summed E-state index contributed by atoms with van der Waals surface area (Å²) in [4.78, 5) is 32.0. The maximum atomic E-state index is 12.6. The molecule has 0 unspecified atom stereocenters. The molecule has 1 saturated carbocycles. The minimum atomic E-state index is -1.07. The molecule has 1 aliphatic rings. The summed E-state index contributed by atoms with van der Waals surface area (Å²) in [6, 6.07) is 2.80. The number of aromatic nitrogens is 3. The van der Waals surface area contributed by atoms with Crippen LogP contribution in [0.3, 0.4) is 0 Å². The Bertz CT molecular complexity index is 793. The van der Waals surface area contributed by atoms with Gasteiger partial charge in [0.05, 0.1) is 11.3 Å². The van der Waals surface area contributed by atoms with Crippen molar-refractivity contribution in [2.75, 3.05) is 0 Å². The number of amides is 1. The van der Waals surface area contributed by atoms with Crippen molar-refractivity contribution in [3.05, 3.63) is 40.8 Å². The van der Waals surface area contributed by atoms with Crippen molar-refractivity contribution in [2.24, 2.45) is 0 Å². The van der Waals surface area contributed by atoms with Gasteiger partial charge in [0.2, 0.25) is 5.89 Å². The van der Waals surface area contributed by atoms with E-state index in [1.807, 2.05) is 0 Å². The first-order chi connectivity index (χ1) is 11.4. The fourth-order valence-corrected chi connectivity index (χ4v) is 3.07. The topological polar surface area (TPSA) is 118 Å². The highest BCUT2D eigenvalue weighted by atomic mass is 16.5. The smallest absolute Gasteiger partial charge is 0.337 e. The molecule has 0 radical (unpaired) electrons. The van der Waals surface area contributed by atoms with Crippen molar-refractivity contribution < 1.29 is 19.2 Å². The van der Waals surface area contributed by atoms with E-state index in [2.05, 4.69) is 20.4 Å². The van der Waals surface area contributed by atoms with Crippen molar-refractivity contribution in [1.29, 1.82) is 0 Å². The summed E-state index contributed by atoms with van der Waals surface area (Å²) < 4.78 is 5.06. The summed E-state index contributed by atoms with van der Waals surface area (Å²) in [5, 5.41) is 16.0. The Balaban J connectivity index is 1.87. The molecule has 126 valence electrons. The Labute approximate surface area is 138 Å². The zero-order valence-electron chi connectivity index (χ0n) is 13.5. The van der Waals surface area contributed by atoms with Gasteiger partial charge in [-0.2, -0.15) is 4.98 Å². The predicted molar refractivity (Wildman–Crippen MR) is 82.6 cm³/mol. The van der Waals surface area contributed by atoms with E-state index in [1.165, 1.54) is 12.1 Å². The van der Waals surface area contributed by atoms with E-state index in [4.69, 9.17) is 9.63 Å². The largest absolute Gasteiger partial charge is 0.478 e. The fraction of sp³-hybridized carbons (Fsp3) is 0.438. The fourth-order valence-electron chi connectivity index (χ4n) is 3.07. The van der Waals surface area contributed by atoms with Gasteiger partial charge in [0.1, 0.15) is 11.2 Å². The number of hydrogen-bond donors (Lipinski definition) is 2. The number of rotatable bonds is 4. The Morgan fingerprint density at radius 1 is 1.21 bits per heavy atom. The van der Waals surface area contributed by atoms with E-state index in [9.17, 15) is 9.59 Å². The second-order valence-electron chi connectivity index (χ2n) is 6.01. The van der Waals surface area contributed by atoms with E-state index >= 15 is 0 Å². The number of carbonyl (C=O) groups is 2. The van der Waals surface area contributed by atoms with Crippen LogP contribution in [0.4, 0.5) is 0 Å². The first-order valence-corrected chi connectivity index (χ1v) is 7.75. The van der Waals surface area contributed by atoms with Crippen molar-refractivity contribution in [3.63, 3.8) is 0 Å². The van der Waals surface area contributed by atoms with E-state index in [1.54, 1.807) is 13.8 Å². The summed E-state index contributed by atoms with van der Waals surface area (Å²) in [6.07, 6.45) is 3.37. The molecule has 24 heavy (non-hydrogen) atoms. The molecule has 8 nitrogen and oxygen atoms in total. The highest BCUT2D eigenvalue weighted by Crippen LogP contribution is 2.37. The van der Waals surface area contributed by atoms with Gasteiger partial charge < -0.3 is 14.9 Å². The van der Waals surface area contributed by atoms with Crippen molar-refractivity contribution in [2.45, 2.75) is 45.1 Å². The molecular weight excluding hydrogens is 312 g/mol. The molecule has 1 fully saturated rings. The van der Waals surface area contributed by atoms with Crippen molar-refractivity contribution >= 4 is 11.9 Å². The number of hydrogen-bond acceptors (Lipinski definition) is 6. The quantitative estimate of drug-likeness (QED) is 0.879. The first-order valence-electron chi connectivity index (χ1n) is 7.75. The lowest BCUT2D eigenvalue weighted by atomic mass is 9.96. The summed E-state index contributed by atoms with van der Waals surface area (Å²) >= 11 is 0. The van der Waals surface area contributed by atoms with Gasteiger partial charge in [-0.3, -0.25) is 4.79 Å². The minimum absolute atomic E-state index is 0.0796. The summed E-state index contributed by atoms with van der Waals surface area (Å²) in [7, 11) is 0. The van der Waals surface area contributed by atoms with Gasteiger partial charge in [0, 0.05) is 6.92 Å². The third-order valence-electron chi connectivity index (χ3n) is 4.31. The Morgan fingerprint density at radius 3 is 2.46 bits per heavy atom. The van der Waals surface area contributed by atoms with E-state index < -0.39 is 11.5 Å². The Hall–Kier alpha value is -2.77. The maximum absolute atomic E-state index is 12.6. The van der Waals surface area contributed by atoms with Crippen LogP contribution in [0.1, 0.15) is 63.9 Å².